The second-order valence-corrected chi connectivity index (χ2v) is 5.59. The van der Waals surface area contributed by atoms with E-state index in [2.05, 4.69) is 11.0 Å². The number of para-hydroxylation sites is 2. The molecular weight excluding hydrogens is 292 g/mol. The smallest absolute Gasteiger partial charge is 0.289 e. The van der Waals surface area contributed by atoms with Crippen molar-refractivity contribution < 1.29 is 13.9 Å². The number of aryl methyl sites for hydroxylation is 1. The second kappa shape index (κ2) is 6.77. The molecular formula is C18H22N2O3. The predicted octanol–water partition coefficient (Wildman–Crippen LogP) is 2.95. The van der Waals surface area contributed by atoms with E-state index >= 15 is 0 Å². The van der Waals surface area contributed by atoms with Gasteiger partial charge in [-0.2, -0.15) is 0 Å². The summed E-state index contributed by atoms with van der Waals surface area (Å²) in [7, 11) is 0. The monoisotopic (exact) mass is 314 g/mol. The Bertz CT molecular complexity index is 672. The van der Waals surface area contributed by atoms with E-state index in [0.29, 0.717) is 25.5 Å². The van der Waals surface area contributed by atoms with Crippen molar-refractivity contribution in [1.29, 1.82) is 0 Å². The van der Waals surface area contributed by atoms with Gasteiger partial charge in [0, 0.05) is 26.2 Å². The number of ether oxygens (including phenoxy) is 1. The van der Waals surface area contributed by atoms with Gasteiger partial charge in [-0.3, -0.25) is 4.79 Å². The SMILES string of the molecule is CCOc1ccccc1N1CCN(C(=O)c2ccc(C)o2)CC1. The lowest BCUT2D eigenvalue weighted by molar-refractivity contribution is 0.0713. The number of benzene rings is 1. The number of rotatable bonds is 4. The average molecular weight is 314 g/mol. The minimum Gasteiger partial charge on any atom is -0.492 e. The predicted molar refractivity (Wildman–Crippen MR) is 89.2 cm³/mol. The standard InChI is InChI=1S/C18H22N2O3/c1-3-22-16-7-5-4-6-15(16)19-10-12-20(13-11-19)18(21)17-9-8-14(2)23-17/h4-9H,3,10-13H2,1-2H3. The largest absolute Gasteiger partial charge is 0.492 e. The minimum absolute atomic E-state index is 0.0316. The Labute approximate surface area is 136 Å². The topological polar surface area (TPSA) is 45.9 Å². The van der Waals surface area contributed by atoms with E-state index in [4.69, 9.17) is 9.15 Å². The van der Waals surface area contributed by atoms with E-state index in [-0.39, 0.29) is 5.91 Å². The molecule has 1 aliphatic heterocycles. The van der Waals surface area contributed by atoms with Crippen LogP contribution in [0.4, 0.5) is 5.69 Å². The summed E-state index contributed by atoms with van der Waals surface area (Å²) in [5.74, 6) is 2.05. The van der Waals surface area contributed by atoms with Crippen molar-refractivity contribution in [2.75, 3.05) is 37.7 Å². The van der Waals surface area contributed by atoms with Crippen LogP contribution in [-0.4, -0.2) is 43.6 Å². The molecule has 1 aromatic heterocycles. The van der Waals surface area contributed by atoms with Crippen LogP contribution < -0.4 is 9.64 Å². The first-order valence-corrected chi connectivity index (χ1v) is 8.01. The number of hydrogen-bond donors (Lipinski definition) is 0. The lowest BCUT2D eigenvalue weighted by Crippen LogP contribution is -2.48. The van der Waals surface area contributed by atoms with Crippen LogP contribution in [0.15, 0.2) is 40.8 Å². The van der Waals surface area contributed by atoms with Crippen LogP contribution in [-0.2, 0) is 0 Å². The Hall–Kier alpha value is -2.43. The molecule has 1 aromatic carbocycles. The molecule has 23 heavy (non-hydrogen) atoms. The molecule has 3 rings (SSSR count). The highest BCUT2D eigenvalue weighted by molar-refractivity contribution is 5.91. The fourth-order valence-corrected chi connectivity index (χ4v) is 2.85. The summed E-state index contributed by atoms with van der Waals surface area (Å²) in [5, 5.41) is 0. The highest BCUT2D eigenvalue weighted by Gasteiger charge is 2.25. The van der Waals surface area contributed by atoms with Gasteiger partial charge in [-0.15, -0.1) is 0 Å². The zero-order chi connectivity index (χ0) is 16.2. The number of nitrogens with zero attached hydrogens (tertiary/aromatic N) is 2. The number of amides is 1. The third kappa shape index (κ3) is 3.33. The zero-order valence-electron chi connectivity index (χ0n) is 13.6. The molecule has 1 fully saturated rings. The highest BCUT2D eigenvalue weighted by Crippen LogP contribution is 2.29. The summed E-state index contributed by atoms with van der Waals surface area (Å²) in [6.45, 7) is 7.41. The van der Waals surface area contributed by atoms with E-state index in [9.17, 15) is 4.79 Å². The molecule has 0 N–H and O–H groups in total. The molecule has 0 saturated carbocycles. The highest BCUT2D eigenvalue weighted by atomic mass is 16.5. The van der Waals surface area contributed by atoms with E-state index in [1.54, 1.807) is 6.07 Å². The summed E-state index contributed by atoms with van der Waals surface area (Å²) >= 11 is 0. The van der Waals surface area contributed by atoms with Gasteiger partial charge in [0.05, 0.1) is 12.3 Å². The Kier molecular flexibility index (Phi) is 4.55. The lowest BCUT2D eigenvalue weighted by atomic mass is 10.2. The van der Waals surface area contributed by atoms with Crippen molar-refractivity contribution in [2.45, 2.75) is 13.8 Å². The van der Waals surface area contributed by atoms with Crippen LogP contribution in [0.25, 0.3) is 0 Å². The number of piperazine rings is 1. The molecule has 2 aromatic rings. The van der Waals surface area contributed by atoms with Crippen LogP contribution in [0.5, 0.6) is 5.75 Å². The fourth-order valence-electron chi connectivity index (χ4n) is 2.85. The maximum atomic E-state index is 12.4. The first-order valence-electron chi connectivity index (χ1n) is 8.01. The van der Waals surface area contributed by atoms with Gasteiger partial charge in [0.15, 0.2) is 5.76 Å². The van der Waals surface area contributed by atoms with Crippen LogP contribution >= 0.6 is 0 Å². The molecule has 5 heteroatoms. The number of furan rings is 1. The van der Waals surface area contributed by atoms with Gasteiger partial charge in [-0.25, -0.2) is 0 Å². The van der Waals surface area contributed by atoms with Crippen LogP contribution in [0.3, 0.4) is 0 Å². The Balaban J connectivity index is 1.66. The van der Waals surface area contributed by atoms with Gasteiger partial charge < -0.3 is 19.0 Å². The van der Waals surface area contributed by atoms with Gasteiger partial charge >= 0.3 is 0 Å². The first-order chi connectivity index (χ1) is 11.2. The van der Waals surface area contributed by atoms with Crippen LogP contribution in [0, 0.1) is 6.92 Å². The van der Waals surface area contributed by atoms with Gasteiger partial charge in [-0.05, 0) is 38.1 Å². The molecule has 1 aliphatic rings. The van der Waals surface area contributed by atoms with Crippen LogP contribution in [0.2, 0.25) is 0 Å². The van der Waals surface area contributed by atoms with Crippen molar-refractivity contribution in [3.63, 3.8) is 0 Å². The Morgan fingerprint density at radius 1 is 1.13 bits per heavy atom. The molecule has 1 saturated heterocycles. The summed E-state index contributed by atoms with van der Waals surface area (Å²) in [5.41, 5.74) is 1.09. The molecule has 5 nitrogen and oxygen atoms in total. The molecule has 0 unspecified atom stereocenters. The minimum atomic E-state index is -0.0316. The van der Waals surface area contributed by atoms with Gasteiger partial charge in [0.25, 0.3) is 5.91 Å². The van der Waals surface area contributed by atoms with Gasteiger partial charge in [0.1, 0.15) is 11.5 Å². The first kappa shape index (κ1) is 15.5. The Morgan fingerprint density at radius 3 is 2.52 bits per heavy atom. The maximum Gasteiger partial charge on any atom is 0.289 e. The van der Waals surface area contributed by atoms with Crippen molar-refractivity contribution in [1.82, 2.24) is 4.90 Å². The molecule has 0 radical (unpaired) electrons. The normalized spacial score (nSPS) is 14.9. The Morgan fingerprint density at radius 2 is 1.87 bits per heavy atom. The molecule has 0 spiro atoms. The fraction of sp³-hybridized carbons (Fsp3) is 0.389. The van der Waals surface area contributed by atoms with Crippen molar-refractivity contribution >= 4 is 11.6 Å². The third-order valence-corrected chi connectivity index (χ3v) is 4.02. The molecule has 0 atom stereocenters. The number of anilines is 1. The summed E-state index contributed by atoms with van der Waals surface area (Å²) in [4.78, 5) is 16.5. The second-order valence-electron chi connectivity index (χ2n) is 5.59. The summed E-state index contributed by atoms with van der Waals surface area (Å²) < 4.78 is 11.1. The molecule has 0 bridgehead atoms. The summed E-state index contributed by atoms with van der Waals surface area (Å²) in [6.07, 6.45) is 0. The molecule has 1 amide bonds. The van der Waals surface area contributed by atoms with Crippen molar-refractivity contribution in [3.05, 3.63) is 47.9 Å². The van der Waals surface area contributed by atoms with E-state index < -0.39 is 0 Å². The average Bonchev–Trinajstić information content (AvgIpc) is 3.02. The number of carbonyl (C=O) groups excluding carboxylic acids is 1. The maximum absolute atomic E-state index is 12.4. The zero-order valence-corrected chi connectivity index (χ0v) is 13.6. The molecule has 0 aliphatic carbocycles. The molecule has 2 heterocycles. The van der Waals surface area contributed by atoms with Gasteiger partial charge in [-0.1, -0.05) is 12.1 Å². The van der Waals surface area contributed by atoms with Crippen molar-refractivity contribution in [3.8, 4) is 5.75 Å². The molecule has 122 valence electrons. The number of hydrogen-bond acceptors (Lipinski definition) is 4. The van der Waals surface area contributed by atoms with E-state index in [1.165, 1.54) is 0 Å². The van der Waals surface area contributed by atoms with E-state index in [1.807, 2.05) is 43.0 Å². The third-order valence-electron chi connectivity index (χ3n) is 4.02. The van der Waals surface area contributed by atoms with Crippen LogP contribution in [0.1, 0.15) is 23.2 Å². The number of carbonyl (C=O) groups is 1. The van der Waals surface area contributed by atoms with E-state index in [0.717, 1.165) is 30.3 Å². The summed E-state index contributed by atoms with van der Waals surface area (Å²) in [6, 6.07) is 11.6. The van der Waals surface area contributed by atoms with Gasteiger partial charge in [0.2, 0.25) is 0 Å². The quantitative estimate of drug-likeness (QED) is 0.870. The lowest BCUT2D eigenvalue weighted by Gasteiger charge is -2.36. The van der Waals surface area contributed by atoms with Crippen molar-refractivity contribution in [2.24, 2.45) is 0 Å².